The first-order valence-electron chi connectivity index (χ1n) is 11.0. The number of rotatable bonds is 6. The maximum absolute atomic E-state index is 14.1. The number of piperidine rings is 1. The summed E-state index contributed by atoms with van der Waals surface area (Å²) >= 11 is 0. The fourth-order valence-corrected chi connectivity index (χ4v) is 4.36. The lowest BCUT2D eigenvalue weighted by Gasteiger charge is -2.36. The minimum Gasteiger partial charge on any atom is -0.465 e. The molecule has 2 N–H and O–H groups in total. The van der Waals surface area contributed by atoms with E-state index in [1.807, 2.05) is 0 Å². The number of hydrogen-bond acceptors (Lipinski definition) is 4. The minimum absolute atomic E-state index is 0.102. The number of nitrogens with one attached hydrogen (secondary N) is 1. The van der Waals surface area contributed by atoms with E-state index >= 15 is 0 Å². The Morgan fingerprint density at radius 2 is 1.79 bits per heavy atom. The predicted molar refractivity (Wildman–Crippen MR) is 112 cm³/mol. The second-order valence-electron chi connectivity index (χ2n) is 8.75. The van der Waals surface area contributed by atoms with Crippen LogP contribution in [0.1, 0.15) is 59.0 Å². The van der Waals surface area contributed by atoms with Gasteiger partial charge < -0.3 is 15.3 Å². The summed E-state index contributed by atoms with van der Waals surface area (Å²) in [6.07, 6.45) is 3.25. The lowest BCUT2D eigenvalue weighted by molar-refractivity contribution is 0.0666. The van der Waals surface area contributed by atoms with Crippen LogP contribution in [-0.4, -0.2) is 51.1 Å². The summed E-state index contributed by atoms with van der Waals surface area (Å²) in [5.41, 5.74) is 0.981. The third kappa shape index (κ3) is 5.26. The highest BCUT2D eigenvalue weighted by Gasteiger charge is 2.32. The molecule has 1 atom stereocenters. The summed E-state index contributed by atoms with van der Waals surface area (Å²) in [7, 11) is 0. The fraction of sp³-hybridized carbons (Fsp3) is 0.478. The Bertz CT molecular complexity index is 1070. The van der Waals surface area contributed by atoms with E-state index in [-0.39, 0.29) is 23.8 Å². The van der Waals surface area contributed by atoms with Gasteiger partial charge in [-0.1, -0.05) is 0 Å². The molecule has 2 heterocycles. The third-order valence-electron chi connectivity index (χ3n) is 6.40. The van der Waals surface area contributed by atoms with Crippen molar-refractivity contribution in [1.82, 2.24) is 20.2 Å². The highest BCUT2D eigenvalue weighted by atomic mass is 19.2. The molecule has 2 aromatic rings. The number of aryl methyl sites for hydroxylation is 1. The van der Waals surface area contributed by atoms with E-state index in [9.17, 15) is 27.9 Å². The minimum atomic E-state index is -1.30. The van der Waals surface area contributed by atoms with Gasteiger partial charge in [0.15, 0.2) is 11.6 Å². The van der Waals surface area contributed by atoms with Crippen molar-refractivity contribution in [2.75, 3.05) is 13.1 Å². The number of carboxylic acid groups (broad SMARTS) is 1. The summed E-state index contributed by atoms with van der Waals surface area (Å²) in [4.78, 5) is 34.8. The number of amides is 2. The Morgan fingerprint density at radius 1 is 1.12 bits per heavy atom. The Balaban J connectivity index is 1.42. The first kappa shape index (κ1) is 23.0. The summed E-state index contributed by atoms with van der Waals surface area (Å²) in [6.45, 7) is 2.55. The molecule has 7 nitrogen and oxygen atoms in total. The van der Waals surface area contributed by atoms with Crippen LogP contribution in [-0.2, 0) is 6.42 Å². The molecule has 1 saturated carbocycles. The molecule has 4 rings (SSSR count). The number of aromatic nitrogens is 2. The number of nitrogens with zero attached hydrogens (tertiary/aromatic N) is 3. The average molecular weight is 462 g/mol. The summed E-state index contributed by atoms with van der Waals surface area (Å²) in [5, 5.41) is 11.6. The quantitative estimate of drug-likeness (QED) is 0.637. The van der Waals surface area contributed by atoms with Gasteiger partial charge in [-0.05, 0) is 56.6 Å². The lowest BCUT2D eigenvalue weighted by atomic mass is 9.85. The second kappa shape index (κ2) is 9.36. The van der Waals surface area contributed by atoms with Crippen LogP contribution in [0.5, 0.6) is 0 Å². The van der Waals surface area contributed by atoms with Crippen molar-refractivity contribution in [1.29, 1.82) is 0 Å². The maximum atomic E-state index is 14.1. The van der Waals surface area contributed by atoms with E-state index < -0.39 is 29.6 Å². The van der Waals surface area contributed by atoms with Gasteiger partial charge in [-0.3, -0.25) is 4.79 Å². The highest BCUT2D eigenvalue weighted by molar-refractivity contribution is 5.95. The fourth-order valence-electron chi connectivity index (χ4n) is 4.36. The van der Waals surface area contributed by atoms with Gasteiger partial charge in [-0.25, -0.2) is 27.9 Å². The van der Waals surface area contributed by atoms with Crippen LogP contribution in [0.4, 0.5) is 18.0 Å². The van der Waals surface area contributed by atoms with E-state index in [1.165, 1.54) is 0 Å². The number of likely N-dealkylation sites (tertiary alicyclic amines) is 1. The van der Waals surface area contributed by atoms with Crippen molar-refractivity contribution < 1.29 is 27.9 Å². The molecular weight excluding hydrogens is 437 g/mol. The van der Waals surface area contributed by atoms with Gasteiger partial charge in [0.05, 0.1) is 11.3 Å². The number of halogens is 3. The largest absolute Gasteiger partial charge is 0.465 e. The van der Waals surface area contributed by atoms with Gasteiger partial charge in [0.1, 0.15) is 11.6 Å². The molecule has 1 saturated heterocycles. The van der Waals surface area contributed by atoms with Gasteiger partial charge in [-0.15, -0.1) is 0 Å². The molecule has 2 fully saturated rings. The van der Waals surface area contributed by atoms with Crippen LogP contribution in [0.25, 0.3) is 0 Å². The van der Waals surface area contributed by atoms with Gasteiger partial charge in [0.2, 0.25) is 0 Å². The van der Waals surface area contributed by atoms with E-state index in [1.54, 1.807) is 18.0 Å². The van der Waals surface area contributed by atoms with Crippen molar-refractivity contribution in [2.45, 2.75) is 51.0 Å². The van der Waals surface area contributed by atoms with Crippen molar-refractivity contribution in [3.8, 4) is 0 Å². The summed E-state index contributed by atoms with van der Waals surface area (Å²) < 4.78 is 41.0. The lowest BCUT2D eigenvalue weighted by Crippen LogP contribution is -2.47. The third-order valence-corrected chi connectivity index (χ3v) is 6.40. The normalized spacial score (nSPS) is 17.6. The topological polar surface area (TPSA) is 95.4 Å². The SMILES string of the molecule is Cc1nc(C2CC2)ncc1C(=O)N1CCC(C(Cc2cc(F)c(F)cc2F)NC(=O)O)CC1. The zero-order chi connectivity index (χ0) is 23.7. The van der Waals surface area contributed by atoms with Crippen LogP contribution in [0.3, 0.4) is 0 Å². The van der Waals surface area contributed by atoms with E-state index in [4.69, 9.17) is 0 Å². The second-order valence-corrected chi connectivity index (χ2v) is 8.75. The predicted octanol–water partition coefficient (Wildman–Crippen LogP) is 3.81. The molecule has 2 aliphatic rings. The smallest absolute Gasteiger partial charge is 0.404 e. The number of hydrogen-bond donors (Lipinski definition) is 2. The van der Waals surface area contributed by atoms with Gasteiger partial charge in [0, 0.05) is 37.3 Å². The van der Waals surface area contributed by atoms with Crippen molar-refractivity contribution >= 4 is 12.0 Å². The molecule has 10 heteroatoms. The van der Waals surface area contributed by atoms with Crippen LogP contribution in [0.15, 0.2) is 18.3 Å². The summed E-state index contributed by atoms with van der Waals surface area (Å²) in [6, 6.07) is 0.512. The van der Waals surface area contributed by atoms with Gasteiger partial charge >= 0.3 is 6.09 Å². The Hall–Kier alpha value is -3.17. The van der Waals surface area contributed by atoms with Crippen molar-refractivity contribution in [3.05, 3.63) is 58.4 Å². The van der Waals surface area contributed by atoms with Gasteiger partial charge in [-0.2, -0.15) is 0 Å². The van der Waals surface area contributed by atoms with Crippen LogP contribution < -0.4 is 5.32 Å². The van der Waals surface area contributed by atoms with Gasteiger partial charge in [0.25, 0.3) is 5.91 Å². The maximum Gasteiger partial charge on any atom is 0.404 e. The number of carbonyl (C=O) groups excluding carboxylic acids is 1. The summed E-state index contributed by atoms with van der Waals surface area (Å²) in [5.74, 6) is -2.63. The molecule has 0 bridgehead atoms. The highest BCUT2D eigenvalue weighted by Crippen LogP contribution is 2.38. The molecule has 1 aromatic heterocycles. The molecule has 176 valence electrons. The molecule has 2 amide bonds. The molecule has 1 aromatic carbocycles. The van der Waals surface area contributed by atoms with Crippen molar-refractivity contribution in [2.24, 2.45) is 5.92 Å². The van der Waals surface area contributed by atoms with E-state index in [0.717, 1.165) is 24.7 Å². The average Bonchev–Trinajstić information content (AvgIpc) is 3.62. The van der Waals surface area contributed by atoms with Crippen LogP contribution in [0, 0.1) is 30.3 Å². The Labute approximate surface area is 189 Å². The molecule has 1 aliphatic heterocycles. The zero-order valence-corrected chi connectivity index (χ0v) is 18.2. The van der Waals surface area contributed by atoms with Crippen molar-refractivity contribution in [3.63, 3.8) is 0 Å². The van der Waals surface area contributed by atoms with E-state index in [0.29, 0.717) is 49.2 Å². The molecule has 0 radical (unpaired) electrons. The van der Waals surface area contributed by atoms with Crippen LogP contribution in [0.2, 0.25) is 0 Å². The Kier molecular flexibility index (Phi) is 6.53. The Morgan fingerprint density at radius 3 is 2.39 bits per heavy atom. The standard InChI is InChI=1S/C23H25F3N4O3/c1-12-16(11-27-21(28-12)14-2-3-14)22(31)30-6-4-13(5-7-30)20(29-23(32)33)9-15-8-18(25)19(26)10-17(15)24/h8,10-11,13-14,20,29H,2-7,9H2,1H3,(H,32,33). The molecular formula is C23H25F3N4O3. The zero-order valence-electron chi connectivity index (χ0n) is 18.2. The number of carbonyl (C=O) groups is 2. The first-order chi connectivity index (χ1) is 15.7. The molecule has 1 unspecified atom stereocenters. The van der Waals surface area contributed by atoms with E-state index in [2.05, 4.69) is 15.3 Å². The number of benzene rings is 1. The molecule has 1 aliphatic carbocycles. The molecule has 0 spiro atoms. The monoisotopic (exact) mass is 462 g/mol. The first-order valence-corrected chi connectivity index (χ1v) is 11.0. The van der Waals surface area contributed by atoms with Crippen LogP contribution >= 0.6 is 0 Å². The molecule has 33 heavy (non-hydrogen) atoms.